The van der Waals surface area contributed by atoms with Gasteiger partial charge < -0.3 is 4.98 Å². The number of pyridine rings is 1. The van der Waals surface area contributed by atoms with Crippen LogP contribution in [0, 0.1) is 13.8 Å². The van der Waals surface area contributed by atoms with Gasteiger partial charge in [-0.2, -0.15) is 0 Å². The molecule has 2 heterocycles. The Morgan fingerprint density at radius 3 is 2.45 bits per heavy atom. The van der Waals surface area contributed by atoms with Crippen molar-refractivity contribution >= 4 is 10.9 Å². The minimum atomic E-state index is 0.0141. The first kappa shape index (κ1) is 22.3. The fourth-order valence-corrected chi connectivity index (χ4v) is 5.92. The van der Waals surface area contributed by atoms with Gasteiger partial charge in [0.15, 0.2) is 5.82 Å². The van der Waals surface area contributed by atoms with E-state index >= 15 is 0 Å². The molecule has 0 unspecified atom stereocenters. The number of aromatic amines is 1. The first-order valence-electron chi connectivity index (χ1n) is 12.7. The summed E-state index contributed by atoms with van der Waals surface area (Å²) < 4.78 is 2.08. The number of hydrogen-bond donors (Lipinski definition) is 1. The largest absolute Gasteiger partial charge is 0.322 e. The molecule has 2 aromatic heterocycles. The van der Waals surface area contributed by atoms with Crippen LogP contribution >= 0.6 is 0 Å². The molecule has 0 saturated heterocycles. The Labute approximate surface area is 195 Å². The van der Waals surface area contributed by atoms with Crippen LogP contribution in [0.25, 0.3) is 10.9 Å². The number of aromatic nitrogens is 5. The van der Waals surface area contributed by atoms with Gasteiger partial charge in [0.2, 0.25) is 0 Å². The van der Waals surface area contributed by atoms with Crippen molar-refractivity contribution < 1.29 is 0 Å². The molecule has 2 aliphatic carbocycles. The smallest absolute Gasteiger partial charge is 0.252 e. The lowest BCUT2D eigenvalue weighted by molar-refractivity contribution is 0.131. The molecule has 0 bridgehead atoms. The van der Waals surface area contributed by atoms with Crippen LogP contribution in [-0.4, -0.2) is 36.1 Å². The minimum absolute atomic E-state index is 0.0141. The molecule has 2 aliphatic rings. The van der Waals surface area contributed by atoms with Crippen LogP contribution in [0.2, 0.25) is 0 Å². The Hall–Kier alpha value is -2.54. The Morgan fingerprint density at radius 1 is 0.970 bits per heavy atom. The topological polar surface area (TPSA) is 79.7 Å². The SMILES string of the molecule is Cc1cc(C)c2cc(CN(Cc3nnnn3C3CCCCC3)C3CCCCC3)c(=O)[nH]c2c1. The van der Waals surface area contributed by atoms with Gasteiger partial charge in [0.1, 0.15) is 0 Å². The lowest BCUT2D eigenvalue weighted by Crippen LogP contribution is -2.38. The molecule has 2 saturated carbocycles. The van der Waals surface area contributed by atoms with Crippen molar-refractivity contribution in [3.05, 3.63) is 51.1 Å². The van der Waals surface area contributed by atoms with E-state index in [4.69, 9.17) is 0 Å². The van der Waals surface area contributed by atoms with E-state index in [0.29, 0.717) is 25.2 Å². The third kappa shape index (κ3) is 4.88. The van der Waals surface area contributed by atoms with Crippen molar-refractivity contribution in [2.24, 2.45) is 0 Å². The maximum Gasteiger partial charge on any atom is 0.252 e. The second kappa shape index (κ2) is 9.75. The van der Waals surface area contributed by atoms with Gasteiger partial charge in [0, 0.05) is 29.1 Å². The second-order valence-corrected chi connectivity index (χ2v) is 10.2. The number of nitrogens with one attached hydrogen (secondary N) is 1. The standard InChI is InChI=1S/C26H36N6O/c1-18-13-19(2)23-15-20(26(33)27-24(23)14-18)16-31(21-9-5-3-6-10-21)17-25-28-29-30-32(25)22-11-7-4-8-12-22/h13-15,21-22H,3-12,16-17H2,1-2H3,(H,27,33). The highest BCUT2D eigenvalue weighted by atomic mass is 16.1. The van der Waals surface area contributed by atoms with Gasteiger partial charge in [-0.1, -0.05) is 44.6 Å². The van der Waals surface area contributed by atoms with Crippen molar-refractivity contribution in [3.63, 3.8) is 0 Å². The Kier molecular flexibility index (Phi) is 6.58. The van der Waals surface area contributed by atoms with E-state index in [0.717, 1.165) is 35.1 Å². The van der Waals surface area contributed by atoms with Crippen LogP contribution in [0.3, 0.4) is 0 Å². The summed E-state index contributed by atoms with van der Waals surface area (Å²) in [6.45, 7) is 5.51. The van der Waals surface area contributed by atoms with Crippen molar-refractivity contribution in [1.29, 1.82) is 0 Å². The molecule has 7 nitrogen and oxygen atoms in total. The van der Waals surface area contributed by atoms with Crippen LogP contribution in [-0.2, 0) is 13.1 Å². The van der Waals surface area contributed by atoms with E-state index in [1.165, 1.54) is 62.5 Å². The number of H-pyrrole nitrogens is 1. The minimum Gasteiger partial charge on any atom is -0.322 e. The number of hydrogen-bond acceptors (Lipinski definition) is 5. The van der Waals surface area contributed by atoms with Crippen LogP contribution in [0.5, 0.6) is 0 Å². The number of aryl methyl sites for hydroxylation is 2. The monoisotopic (exact) mass is 448 g/mol. The summed E-state index contributed by atoms with van der Waals surface area (Å²) in [5, 5.41) is 14.0. The van der Waals surface area contributed by atoms with Gasteiger partial charge in [-0.25, -0.2) is 4.68 Å². The number of benzene rings is 1. The lowest BCUT2D eigenvalue weighted by atomic mass is 9.93. The number of fused-ring (bicyclic) bond motifs is 1. The summed E-state index contributed by atoms with van der Waals surface area (Å²) in [5.74, 6) is 0.941. The molecule has 5 rings (SSSR count). The van der Waals surface area contributed by atoms with E-state index in [-0.39, 0.29) is 5.56 Å². The second-order valence-electron chi connectivity index (χ2n) is 10.2. The predicted octanol–water partition coefficient (Wildman–Crippen LogP) is 4.97. The van der Waals surface area contributed by atoms with Crippen molar-refractivity contribution in [2.75, 3.05) is 0 Å². The average molecular weight is 449 g/mol. The highest BCUT2D eigenvalue weighted by Gasteiger charge is 2.26. The molecule has 7 heteroatoms. The van der Waals surface area contributed by atoms with E-state index < -0.39 is 0 Å². The van der Waals surface area contributed by atoms with E-state index in [2.05, 4.69) is 62.1 Å². The van der Waals surface area contributed by atoms with Crippen molar-refractivity contribution in [3.8, 4) is 0 Å². The van der Waals surface area contributed by atoms with E-state index in [9.17, 15) is 4.79 Å². The highest BCUT2D eigenvalue weighted by Crippen LogP contribution is 2.30. The molecule has 0 atom stereocenters. The van der Waals surface area contributed by atoms with Gasteiger partial charge in [-0.15, -0.1) is 5.10 Å². The van der Waals surface area contributed by atoms with Crippen LogP contribution < -0.4 is 5.56 Å². The molecule has 1 N–H and O–H groups in total. The van der Waals surface area contributed by atoms with E-state index in [1.807, 2.05) is 0 Å². The van der Waals surface area contributed by atoms with Crippen molar-refractivity contribution in [2.45, 2.75) is 103 Å². The summed E-state index contributed by atoms with van der Waals surface area (Å²) in [4.78, 5) is 18.7. The van der Waals surface area contributed by atoms with Crippen molar-refractivity contribution in [1.82, 2.24) is 30.1 Å². The van der Waals surface area contributed by atoms with Gasteiger partial charge in [-0.05, 0) is 73.2 Å². The van der Waals surface area contributed by atoms with Crippen LogP contribution in [0.15, 0.2) is 23.0 Å². The molecule has 33 heavy (non-hydrogen) atoms. The fraction of sp³-hybridized carbons (Fsp3) is 0.615. The molecular formula is C26H36N6O. The molecular weight excluding hydrogens is 412 g/mol. The lowest BCUT2D eigenvalue weighted by Gasteiger charge is -2.34. The summed E-state index contributed by atoms with van der Waals surface area (Å²) in [5.41, 5.74) is 4.14. The molecule has 0 aliphatic heterocycles. The third-order valence-electron chi connectivity index (χ3n) is 7.68. The number of tetrazole rings is 1. The summed E-state index contributed by atoms with van der Waals surface area (Å²) in [7, 11) is 0. The van der Waals surface area contributed by atoms with Gasteiger partial charge in [0.05, 0.1) is 12.6 Å². The molecule has 1 aromatic carbocycles. The summed E-state index contributed by atoms with van der Waals surface area (Å²) in [6.07, 6.45) is 12.3. The Balaban J connectivity index is 1.45. The first-order valence-corrected chi connectivity index (χ1v) is 12.7. The van der Waals surface area contributed by atoms with Gasteiger partial charge in [0.25, 0.3) is 5.56 Å². The highest BCUT2D eigenvalue weighted by molar-refractivity contribution is 5.83. The first-order chi connectivity index (χ1) is 16.1. The third-order valence-corrected chi connectivity index (χ3v) is 7.68. The number of nitrogens with zero attached hydrogens (tertiary/aromatic N) is 5. The predicted molar refractivity (Wildman–Crippen MR) is 130 cm³/mol. The Morgan fingerprint density at radius 2 is 1.70 bits per heavy atom. The molecule has 2 fully saturated rings. The number of rotatable bonds is 6. The molecule has 176 valence electrons. The zero-order valence-corrected chi connectivity index (χ0v) is 20.0. The summed E-state index contributed by atoms with van der Waals surface area (Å²) in [6, 6.07) is 7.21. The Bertz CT molecular complexity index is 1150. The quantitative estimate of drug-likeness (QED) is 0.576. The van der Waals surface area contributed by atoms with Gasteiger partial charge in [-0.3, -0.25) is 9.69 Å². The zero-order chi connectivity index (χ0) is 22.8. The van der Waals surface area contributed by atoms with E-state index in [1.54, 1.807) is 0 Å². The summed E-state index contributed by atoms with van der Waals surface area (Å²) >= 11 is 0. The fourth-order valence-electron chi connectivity index (χ4n) is 5.92. The molecule has 0 radical (unpaired) electrons. The van der Waals surface area contributed by atoms with Crippen LogP contribution in [0.1, 0.15) is 92.8 Å². The normalized spacial score (nSPS) is 18.4. The van der Waals surface area contributed by atoms with Gasteiger partial charge >= 0.3 is 0 Å². The van der Waals surface area contributed by atoms with Crippen LogP contribution in [0.4, 0.5) is 0 Å². The maximum atomic E-state index is 13.1. The molecule has 0 amide bonds. The maximum absolute atomic E-state index is 13.1. The molecule has 0 spiro atoms. The molecule has 3 aromatic rings. The average Bonchev–Trinajstić information content (AvgIpc) is 3.29. The zero-order valence-electron chi connectivity index (χ0n) is 20.0.